The summed E-state index contributed by atoms with van der Waals surface area (Å²) in [5, 5.41) is 0. The molecule has 0 N–H and O–H groups in total. The quantitative estimate of drug-likeness (QED) is 0.484. The van der Waals surface area contributed by atoms with Crippen LogP contribution in [0.1, 0.15) is 84.0 Å². The molecule has 2 atom stereocenters. The van der Waals surface area contributed by atoms with Crippen LogP contribution in [0.4, 0.5) is 8.78 Å². The van der Waals surface area contributed by atoms with Crippen molar-refractivity contribution in [3.8, 4) is 0 Å². The number of ether oxygens (including phenoxy) is 2. The molecule has 2 aliphatic carbocycles. The number of hydrogen-bond acceptors (Lipinski definition) is 2. The van der Waals surface area contributed by atoms with Gasteiger partial charge in [0.15, 0.2) is 0 Å². The van der Waals surface area contributed by atoms with Gasteiger partial charge in [-0.15, -0.1) is 0 Å². The van der Waals surface area contributed by atoms with E-state index in [1.54, 1.807) is 0 Å². The molecule has 27 heavy (non-hydrogen) atoms. The molecule has 2 nitrogen and oxygen atoms in total. The third-order valence-electron chi connectivity index (χ3n) is 7.30. The van der Waals surface area contributed by atoms with E-state index in [-0.39, 0.29) is 5.92 Å². The van der Waals surface area contributed by atoms with Crippen molar-refractivity contribution in [2.24, 2.45) is 23.7 Å². The maximum atomic E-state index is 12.4. The third kappa shape index (κ3) is 6.81. The van der Waals surface area contributed by atoms with E-state index < -0.39 is 6.08 Å². The predicted molar refractivity (Wildman–Crippen MR) is 105 cm³/mol. The van der Waals surface area contributed by atoms with Gasteiger partial charge in [0.2, 0.25) is 0 Å². The molecule has 0 aromatic rings. The second kappa shape index (κ2) is 10.9. The van der Waals surface area contributed by atoms with Gasteiger partial charge < -0.3 is 9.47 Å². The first-order chi connectivity index (χ1) is 13.1. The van der Waals surface area contributed by atoms with E-state index in [0.717, 1.165) is 37.4 Å². The van der Waals surface area contributed by atoms with Gasteiger partial charge in [0.1, 0.15) is 0 Å². The Morgan fingerprint density at radius 3 is 2.04 bits per heavy atom. The van der Waals surface area contributed by atoms with E-state index >= 15 is 0 Å². The fourth-order valence-electron chi connectivity index (χ4n) is 5.62. The van der Waals surface area contributed by atoms with Gasteiger partial charge in [-0.25, -0.2) is 0 Å². The zero-order valence-electron chi connectivity index (χ0n) is 17.0. The molecular weight excluding hydrogens is 346 g/mol. The average molecular weight is 385 g/mol. The monoisotopic (exact) mass is 384 g/mol. The van der Waals surface area contributed by atoms with Gasteiger partial charge in [0, 0.05) is 12.5 Å². The van der Waals surface area contributed by atoms with Crippen molar-refractivity contribution in [2.75, 3.05) is 13.2 Å². The van der Waals surface area contributed by atoms with Crippen LogP contribution >= 0.6 is 0 Å². The highest BCUT2D eigenvalue weighted by atomic mass is 19.3. The van der Waals surface area contributed by atoms with Gasteiger partial charge in [-0.3, -0.25) is 0 Å². The van der Waals surface area contributed by atoms with Crippen LogP contribution < -0.4 is 0 Å². The van der Waals surface area contributed by atoms with Crippen molar-refractivity contribution >= 4 is 0 Å². The highest BCUT2D eigenvalue weighted by Gasteiger charge is 2.32. The molecule has 3 rings (SSSR count). The summed E-state index contributed by atoms with van der Waals surface area (Å²) in [6.45, 7) is 3.43. The van der Waals surface area contributed by atoms with Crippen LogP contribution in [0.3, 0.4) is 0 Å². The Labute approximate surface area is 164 Å². The topological polar surface area (TPSA) is 18.5 Å². The van der Waals surface area contributed by atoms with E-state index in [1.165, 1.54) is 64.2 Å². The molecule has 1 saturated heterocycles. The van der Waals surface area contributed by atoms with Crippen molar-refractivity contribution in [1.29, 1.82) is 0 Å². The van der Waals surface area contributed by atoms with E-state index in [4.69, 9.17) is 9.47 Å². The highest BCUT2D eigenvalue weighted by Crippen LogP contribution is 2.39. The lowest BCUT2D eigenvalue weighted by Crippen LogP contribution is -2.33. The SMILES string of the molecule is CCOC1CCC(CCC2CCC(C3CCC(C=C(F)F)CO3)CC2)CC1. The summed E-state index contributed by atoms with van der Waals surface area (Å²) < 4.78 is 36.5. The molecular formula is C23H38F2O2. The molecule has 156 valence electrons. The Morgan fingerprint density at radius 2 is 1.52 bits per heavy atom. The zero-order chi connectivity index (χ0) is 19.1. The Kier molecular flexibility index (Phi) is 8.57. The summed E-state index contributed by atoms with van der Waals surface area (Å²) in [6.07, 6.45) is 15.4. The van der Waals surface area contributed by atoms with E-state index in [0.29, 0.717) is 24.7 Å². The van der Waals surface area contributed by atoms with Crippen LogP contribution in [0.2, 0.25) is 0 Å². The lowest BCUT2D eigenvalue weighted by atomic mass is 9.74. The second-order valence-electron chi connectivity index (χ2n) is 9.12. The van der Waals surface area contributed by atoms with Crippen LogP contribution in [0, 0.1) is 23.7 Å². The van der Waals surface area contributed by atoms with E-state index in [1.807, 2.05) is 0 Å². The minimum atomic E-state index is -1.56. The van der Waals surface area contributed by atoms with Crippen molar-refractivity contribution in [3.05, 3.63) is 12.2 Å². The molecule has 1 aliphatic heterocycles. The highest BCUT2D eigenvalue weighted by molar-refractivity contribution is 4.91. The lowest BCUT2D eigenvalue weighted by molar-refractivity contribution is -0.0501. The summed E-state index contributed by atoms with van der Waals surface area (Å²) in [5.41, 5.74) is 0. The average Bonchev–Trinajstić information content (AvgIpc) is 2.68. The largest absolute Gasteiger partial charge is 0.379 e. The maximum Gasteiger partial charge on any atom is 0.266 e. The van der Waals surface area contributed by atoms with Crippen LogP contribution in [-0.2, 0) is 9.47 Å². The van der Waals surface area contributed by atoms with Crippen molar-refractivity contribution in [3.63, 3.8) is 0 Å². The summed E-state index contributed by atoms with van der Waals surface area (Å²) in [7, 11) is 0. The van der Waals surface area contributed by atoms with Crippen molar-refractivity contribution < 1.29 is 18.3 Å². The number of hydrogen-bond donors (Lipinski definition) is 0. The minimum absolute atomic E-state index is 0.0830. The summed E-state index contributed by atoms with van der Waals surface area (Å²) in [5.74, 6) is 2.39. The zero-order valence-corrected chi connectivity index (χ0v) is 17.0. The molecule has 2 saturated carbocycles. The minimum Gasteiger partial charge on any atom is -0.379 e. The fourth-order valence-corrected chi connectivity index (χ4v) is 5.62. The van der Waals surface area contributed by atoms with Crippen LogP contribution in [0.15, 0.2) is 12.2 Å². The Morgan fingerprint density at radius 1 is 0.889 bits per heavy atom. The van der Waals surface area contributed by atoms with E-state index in [9.17, 15) is 8.78 Å². The molecule has 3 fully saturated rings. The third-order valence-corrected chi connectivity index (χ3v) is 7.30. The van der Waals surface area contributed by atoms with Gasteiger partial charge in [-0.1, -0.05) is 25.7 Å². The fraction of sp³-hybridized carbons (Fsp3) is 0.913. The number of rotatable bonds is 7. The van der Waals surface area contributed by atoms with Crippen LogP contribution in [0.25, 0.3) is 0 Å². The Bertz CT molecular complexity index is 439. The number of halogens is 2. The van der Waals surface area contributed by atoms with Gasteiger partial charge in [0.05, 0.1) is 18.8 Å². The molecule has 0 bridgehead atoms. The van der Waals surface area contributed by atoms with E-state index in [2.05, 4.69) is 6.92 Å². The molecule has 0 amide bonds. The molecule has 0 aromatic heterocycles. The first-order valence-corrected chi connectivity index (χ1v) is 11.4. The van der Waals surface area contributed by atoms with Crippen LogP contribution in [0.5, 0.6) is 0 Å². The summed E-state index contributed by atoms with van der Waals surface area (Å²) >= 11 is 0. The van der Waals surface area contributed by atoms with Gasteiger partial charge in [-0.05, 0) is 82.1 Å². The first-order valence-electron chi connectivity index (χ1n) is 11.4. The predicted octanol–water partition coefficient (Wildman–Crippen LogP) is 6.74. The first kappa shape index (κ1) is 21.2. The summed E-state index contributed by atoms with van der Waals surface area (Å²) in [4.78, 5) is 0. The normalized spacial score (nSPS) is 37.7. The standard InChI is InChI=1S/C23H38F2O2/c1-2-26-21-12-7-18(8-13-21)4-3-17-5-10-20(11-6-17)22-14-9-19(16-27-22)15-23(24)25/h15,17-22H,2-14,16H2,1H3. The van der Waals surface area contributed by atoms with Crippen molar-refractivity contribution in [1.82, 2.24) is 0 Å². The molecule has 0 aromatic carbocycles. The molecule has 0 radical (unpaired) electrons. The molecule has 1 heterocycles. The van der Waals surface area contributed by atoms with Gasteiger partial charge in [0.25, 0.3) is 6.08 Å². The Balaban J connectivity index is 1.29. The van der Waals surface area contributed by atoms with Crippen molar-refractivity contribution in [2.45, 2.75) is 96.2 Å². The maximum absolute atomic E-state index is 12.4. The molecule has 0 spiro atoms. The van der Waals surface area contributed by atoms with Gasteiger partial charge >= 0.3 is 0 Å². The van der Waals surface area contributed by atoms with Crippen LogP contribution in [-0.4, -0.2) is 25.4 Å². The molecule has 4 heteroatoms. The Hall–Kier alpha value is -0.480. The smallest absolute Gasteiger partial charge is 0.266 e. The summed E-state index contributed by atoms with van der Waals surface area (Å²) in [6, 6.07) is 0. The molecule has 3 aliphatic rings. The second-order valence-corrected chi connectivity index (χ2v) is 9.12. The lowest BCUT2D eigenvalue weighted by Gasteiger charge is -2.37. The van der Waals surface area contributed by atoms with Gasteiger partial charge in [-0.2, -0.15) is 8.78 Å². The molecule has 2 unspecified atom stereocenters.